The Balaban J connectivity index is 1.34. The summed E-state index contributed by atoms with van der Waals surface area (Å²) >= 11 is 0. The van der Waals surface area contributed by atoms with E-state index >= 15 is 0 Å². The first-order chi connectivity index (χ1) is 23.6. The van der Waals surface area contributed by atoms with Crippen molar-refractivity contribution < 1.29 is 36.9 Å². The van der Waals surface area contributed by atoms with Gasteiger partial charge in [0.2, 0.25) is 0 Å². The number of ether oxygens (including phenoxy) is 4. The lowest BCUT2D eigenvalue weighted by atomic mass is 10.0. The highest BCUT2D eigenvalue weighted by atomic mass is 19.4. The normalized spacial score (nSPS) is 13.9. The third kappa shape index (κ3) is 9.61. The predicted octanol–water partition coefficient (Wildman–Crippen LogP) is 3.89. The number of hydrogen-bond donors (Lipinski definition) is 1. The molecule has 3 aromatic heterocycles. The second kappa shape index (κ2) is 16.5. The van der Waals surface area contributed by atoms with Crippen molar-refractivity contribution in [1.82, 2.24) is 29.7 Å². The number of pyridine rings is 2. The molecule has 12 nitrogen and oxygen atoms in total. The largest absolute Gasteiger partial charge is 0.471 e. The summed E-state index contributed by atoms with van der Waals surface area (Å²) in [6.45, 7) is 4.21. The van der Waals surface area contributed by atoms with E-state index in [9.17, 15) is 18.0 Å². The fraction of sp³-hybridized carbons (Fsp3) is 0.382. The molecule has 0 saturated carbocycles. The van der Waals surface area contributed by atoms with Crippen molar-refractivity contribution in [2.45, 2.75) is 12.7 Å². The van der Waals surface area contributed by atoms with Crippen molar-refractivity contribution in [3.05, 3.63) is 76.9 Å². The van der Waals surface area contributed by atoms with Crippen LogP contribution in [0.15, 0.2) is 49.1 Å². The minimum absolute atomic E-state index is 0.0189. The number of carbonyl (C=O) groups is 1. The molecular formula is C34H36F3N7O5. The van der Waals surface area contributed by atoms with Crippen LogP contribution >= 0.6 is 0 Å². The van der Waals surface area contributed by atoms with Crippen LogP contribution in [0.4, 0.5) is 18.9 Å². The topological polar surface area (TPSA) is 124 Å². The number of alkyl halides is 3. The molecule has 1 aromatic carbocycles. The third-order valence-corrected chi connectivity index (χ3v) is 7.57. The summed E-state index contributed by atoms with van der Waals surface area (Å²) in [6, 6.07) is 5.36. The molecule has 1 saturated heterocycles. The van der Waals surface area contributed by atoms with Crippen molar-refractivity contribution in [3.63, 3.8) is 0 Å². The summed E-state index contributed by atoms with van der Waals surface area (Å²) < 4.78 is 63.7. The van der Waals surface area contributed by atoms with Crippen LogP contribution in [0, 0.1) is 11.8 Å². The minimum atomic E-state index is -4.59. The van der Waals surface area contributed by atoms with Gasteiger partial charge in [0.25, 0.3) is 17.7 Å². The molecule has 4 heterocycles. The lowest BCUT2D eigenvalue weighted by Crippen LogP contribution is -2.44. The van der Waals surface area contributed by atoms with Crippen molar-refractivity contribution in [2.75, 3.05) is 79.2 Å². The monoisotopic (exact) mass is 679 g/mol. The van der Waals surface area contributed by atoms with E-state index in [0.717, 1.165) is 19.2 Å². The van der Waals surface area contributed by atoms with Crippen LogP contribution in [0.1, 0.15) is 32.6 Å². The van der Waals surface area contributed by atoms with E-state index in [4.69, 9.17) is 18.9 Å². The zero-order chi connectivity index (χ0) is 34.8. The van der Waals surface area contributed by atoms with E-state index in [1.54, 1.807) is 14.2 Å². The molecule has 49 heavy (non-hydrogen) atoms. The van der Waals surface area contributed by atoms with E-state index in [0.29, 0.717) is 48.5 Å². The number of piperazine rings is 1. The highest BCUT2D eigenvalue weighted by Crippen LogP contribution is 2.35. The molecule has 1 aliphatic heterocycles. The van der Waals surface area contributed by atoms with Gasteiger partial charge in [0.05, 0.1) is 36.1 Å². The Hall–Kier alpha value is -4.88. The van der Waals surface area contributed by atoms with E-state index < -0.39 is 17.6 Å². The van der Waals surface area contributed by atoms with E-state index in [-0.39, 0.29) is 48.3 Å². The number of rotatable bonds is 12. The fourth-order valence-electron chi connectivity index (χ4n) is 4.95. The molecule has 1 N–H and O–H groups in total. The third-order valence-electron chi connectivity index (χ3n) is 7.57. The molecule has 258 valence electrons. The molecule has 0 unspecified atom stereocenters. The zero-order valence-electron chi connectivity index (χ0n) is 27.3. The van der Waals surface area contributed by atoms with Gasteiger partial charge in [0.15, 0.2) is 0 Å². The van der Waals surface area contributed by atoms with Crippen molar-refractivity contribution in [2.24, 2.45) is 0 Å². The van der Waals surface area contributed by atoms with Crippen molar-refractivity contribution in [3.8, 4) is 23.6 Å². The SMILES string of the molecule is COCCOc1nc2cncc(C#Cc3cncc(C(=O)Nc4ccc(CN5CCN(C)CC5)c(C(F)(F)F)c4)c3)c2nc1OCCOC. The van der Waals surface area contributed by atoms with E-state index in [1.165, 1.54) is 43.0 Å². The number of nitrogens with zero attached hydrogens (tertiary/aromatic N) is 6. The summed E-state index contributed by atoms with van der Waals surface area (Å²) in [5, 5.41) is 2.57. The number of halogens is 3. The molecule has 0 spiro atoms. The Morgan fingerprint density at radius 2 is 1.57 bits per heavy atom. The Kier molecular flexibility index (Phi) is 11.9. The van der Waals surface area contributed by atoms with Crippen LogP contribution in [-0.2, 0) is 22.2 Å². The number of hydrogen-bond acceptors (Lipinski definition) is 11. The number of methoxy groups -OCH3 is 2. The number of nitrogens with one attached hydrogen (secondary N) is 1. The molecule has 1 fully saturated rings. The smallest absolute Gasteiger partial charge is 0.416 e. The van der Waals surface area contributed by atoms with Crippen LogP contribution < -0.4 is 14.8 Å². The first kappa shape index (κ1) is 35.4. The average Bonchev–Trinajstić information content (AvgIpc) is 3.09. The van der Waals surface area contributed by atoms with Gasteiger partial charge in [-0.25, -0.2) is 9.97 Å². The molecular weight excluding hydrogens is 643 g/mol. The maximum absolute atomic E-state index is 14.1. The molecule has 0 radical (unpaired) electrons. The summed E-state index contributed by atoms with van der Waals surface area (Å²) in [7, 11) is 5.09. The Morgan fingerprint density at radius 1 is 0.878 bits per heavy atom. The molecule has 15 heteroatoms. The Bertz CT molecular complexity index is 1820. The summed E-state index contributed by atoms with van der Waals surface area (Å²) in [4.78, 5) is 34.7. The Morgan fingerprint density at radius 3 is 2.27 bits per heavy atom. The maximum atomic E-state index is 14.1. The molecule has 0 atom stereocenters. The van der Waals surface area contributed by atoms with Gasteiger partial charge in [-0.1, -0.05) is 17.9 Å². The maximum Gasteiger partial charge on any atom is 0.416 e. The van der Waals surface area contributed by atoms with Gasteiger partial charge in [-0.3, -0.25) is 19.7 Å². The number of carbonyl (C=O) groups excluding carboxylic acids is 1. The van der Waals surface area contributed by atoms with Gasteiger partial charge in [-0.2, -0.15) is 13.2 Å². The van der Waals surface area contributed by atoms with Gasteiger partial charge < -0.3 is 29.2 Å². The molecule has 0 bridgehead atoms. The number of aromatic nitrogens is 4. The molecule has 1 amide bonds. The first-order valence-corrected chi connectivity index (χ1v) is 15.4. The lowest BCUT2D eigenvalue weighted by molar-refractivity contribution is -0.138. The van der Waals surface area contributed by atoms with Crippen LogP contribution in [0.5, 0.6) is 11.8 Å². The van der Waals surface area contributed by atoms with Crippen molar-refractivity contribution in [1.29, 1.82) is 0 Å². The van der Waals surface area contributed by atoms with E-state index in [1.807, 2.05) is 11.9 Å². The molecule has 0 aliphatic carbocycles. The van der Waals surface area contributed by atoms with Gasteiger partial charge in [-0.15, -0.1) is 0 Å². The number of benzene rings is 1. The van der Waals surface area contributed by atoms with Crippen LogP contribution in [0.2, 0.25) is 0 Å². The average molecular weight is 680 g/mol. The molecule has 1 aliphatic rings. The van der Waals surface area contributed by atoms with Crippen LogP contribution in [0.3, 0.4) is 0 Å². The summed E-state index contributed by atoms with van der Waals surface area (Å²) in [5.41, 5.74) is 1.14. The van der Waals surface area contributed by atoms with Gasteiger partial charge in [-0.05, 0) is 30.8 Å². The fourth-order valence-corrected chi connectivity index (χ4v) is 4.95. The number of likely N-dealkylation sites (N-methyl/N-ethyl adjacent to an activating group) is 1. The number of fused-ring (bicyclic) bond motifs is 1. The Labute approximate surface area is 281 Å². The van der Waals surface area contributed by atoms with Crippen LogP contribution in [-0.4, -0.2) is 110 Å². The van der Waals surface area contributed by atoms with Gasteiger partial charge in [0, 0.05) is 76.8 Å². The first-order valence-electron chi connectivity index (χ1n) is 15.4. The standard InChI is InChI=1S/C34H36F3N7O5/c1-43-8-10-44(11-9-43)22-25-6-7-27(17-28(25)34(35,36)37)40-31(45)26-16-23(18-38-20-26)4-5-24-19-39-21-29-30(24)42-33(49-15-13-47-3)32(41-29)48-14-12-46-2/h6-7,16-21H,8-15,22H2,1-3H3,(H,40,45). The highest BCUT2D eigenvalue weighted by molar-refractivity contribution is 6.04. The molecule has 4 aromatic rings. The number of anilines is 1. The van der Waals surface area contributed by atoms with Gasteiger partial charge in [0.1, 0.15) is 24.2 Å². The van der Waals surface area contributed by atoms with Gasteiger partial charge >= 0.3 is 6.18 Å². The lowest BCUT2D eigenvalue weighted by Gasteiger charge is -2.33. The predicted molar refractivity (Wildman–Crippen MR) is 174 cm³/mol. The summed E-state index contributed by atoms with van der Waals surface area (Å²) in [5.74, 6) is 5.63. The second-order valence-electron chi connectivity index (χ2n) is 11.2. The summed E-state index contributed by atoms with van der Waals surface area (Å²) in [6.07, 6.45) is 1.22. The van der Waals surface area contributed by atoms with Crippen molar-refractivity contribution >= 4 is 22.6 Å². The minimum Gasteiger partial charge on any atom is -0.471 e. The van der Waals surface area contributed by atoms with Crippen LogP contribution in [0.25, 0.3) is 11.0 Å². The quantitative estimate of drug-likeness (QED) is 0.173. The highest BCUT2D eigenvalue weighted by Gasteiger charge is 2.34. The number of amides is 1. The second-order valence-corrected chi connectivity index (χ2v) is 11.2. The van der Waals surface area contributed by atoms with E-state index in [2.05, 4.69) is 42.0 Å². The zero-order valence-corrected chi connectivity index (χ0v) is 27.3. The molecule has 5 rings (SSSR count).